The van der Waals surface area contributed by atoms with Gasteiger partial charge in [-0.2, -0.15) is 0 Å². The predicted octanol–water partition coefficient (Wildman–Crippen LogP) is 2.48. The Morgan fingerprint density at radius 2 is 2.31 bits per heavy atom. The highest BCUT2D eigenvalue weighted by Gasteiger charge is 2.28. The fraction of sp³-hybridized carbons (Fsp3) is 0.500. The summed E-state index contributed by atoms with van der Waals surface area (Å²) in [4.78, 5) is 4.21. The number of nitrogens with one attached hydrogen (secondary N) is 1. The van der Waals surface area contributed by atoms with E-state index in [0.717, 1.165) is 11.8 Å². The van der Waals surface area contributed by atoms with Crippen molar-refractivity contribution in [2.45, 2.75) is 19.3 Å². The first kappa shape index (κ1) is 10.0. The molecule has 0 bridgehead atoms. The molecule has 2 atom stereocenters. The Labute approximate surface area is 96.8 Å². The molecule has 2 nitrogen and oxygen atoms in total. The number of allylic oxidation sites excluding steroid dienone is 2. The third-order valence-corrected chi connectivity index (χ3v) is 3.95. The molecule has 16 heavy (non-hydrogen) atoms. The van der Waals surface area contributed by atoms with Crippen LogP contribution in [0, 0.1) is 11.8 Å². The molecule has 0 aromatic carbocycles. The van der Waals surface area contributed by atoms with Crippen molar-refractivity contribution in [3.05, 3.63) is 36.2 Å². The molecule has 3 rings (SSSR count). The molecule has 0 unspecified atom stereocenters. The van der Waals surface area contributed by atoms with Crippen molar-refractivity contribution in [2.24, 2.45) is 11.8 Å². The first-order valence-electron chi connectivity index (χ1n) is 6.23. The molecule has 0 spiro atoms. The highest BCUT2D eigenvalue weighted by molar-refractivity contribution is 5.65. The minimum absolute atomic E-state index is 0.842. The second-order valence-corrected chi connectivity index (χ2v) is 4.92. The molecule has 1 N–H and O–H groups in total. The van der Waals surface area contributed by atoms with Crippen LogP contribution in [0.4, 0.5) is 0 Å². The Kier molecular flexibility index (Phi) is 2.75. The van der Waals surface area contributed by atoms with Crippen molar-refractivity contribution >= 4 is 5.57 Å². The molecule has 1 aromatic rings. The molecule has 2 heterocycles. The van der Waals surface area contributed by atoms with Crippen LogP contribution in [0.2, 0.25) is 0 Å². The fourth-order valence-corrected chi connectivity index (χ4v) is 2.97. The molecule has 1 aromatic heterocycles. The van der Waals surface area contributed by atoms with Gasteiger partial charge in [-0.3, -0.25) is 4.98 Å². The minimum Gasteiger partial charge on any atom is -0.316 e. The lowest BCUT2D eigenvalue weighted by atomic mass is 9.75. The molecule has 0 saturated carbocycles. The number of hydrogen-bond acceptors (Lipinski definition) is 2. The van der Waals surface area contributed by atoms with Gasteiger partial charge in [-0.05, 0) is 61.4 Å². The van der Waals surface area contributed by atoms with Gasteiger partial charge >= 0.3 is 0 Å². The lowest BCUT2D eigenvalue weighted by Crippen LogP contribution is -2.37. The summed E-state index contributed by atoms with van der Waals surface area (Å²) in [5.74, 6) is 1.76. The first-order valence-corrected chi connectivity index (χ1v) is 6.23. The van der Waals surface area contributed by atoms with E-state index in [-0.39, 0.29) is 0 Å². The second-order valence-electron chi connectivity index (χ2n) is 4.92. The Morgan fingerprint density at radius 3 is 3.19 bits per heavy atom. The van der Waals surface area contributed by atoms with Crippen molar-refractivity contribution < 1.29 is 0 Å². The predicted molar refractivity (Wildman–Crippen MR) is 65.9 cm³/mol. The van der Waals surface area contributed by atoms with Crippen molar-refractivity contribution in [3.63, 3.8) is 0 Å². The van der Waals surface area contributed by atoms with Crippen molar-refractivity contribution in [1.29, 1.82) is 0 Å². The average molecular weight is 214 g/mol. The molecule has 1 aliphatic heterocycles. The smallest absolute Gasteiger partial charge is 0.0342 e. The normalized spacial score (nSPS) is 29.4. The summed E-state index contributed by atoms with van der Waals surface area (Å²) < 4.78 is 0. The van der Waals surface area contributed by atoms with Crippen LogP contribution in [-0.4, -0.2) is 18.1 Å². The standard InChI is InChI=1S/C14H18N2/c1-2-13(9-15-6-1)12-4-3-11-5-7-16-10-14(11)8-12/h1-2,4,6,9,11,14,16H,3,5,7-8,10H2/t11-,14+/m0/s1. The second kappa shape index (κ2) is 4.38. The molecule has 1 fully saturated rings. The molecule has 0 amide bonds. The SMILES string of the molecule is C1=C(c2cccnc2)C[C@@H]2CNCC[C@@H]2C1. The zero-order chi connectivity index (χ0) is 10.8. The summed E-state index contributed by atoms with van der Waals surface area (Å²) in [6, 6.07) is 4.21. The van der Waals surface area contributed by atoms with Crippen LogP contribution < -0.4 is 5.32 Å². The van der Waals surface area contributed by atoms with Crippen molar-refractivity contribution in [2.75, 3.05) is 13.1 Å². The molecular formula is C14H18N2. The number of aromatic nitrogens is 1. The molecule has 0 radical (unpaired) electrons. The first-order chi connectivity index (χ1) is 7.93. The maximum Gasteiger partial charge on any atom is 0.0342 e. The Morgan fingerprint density at radius 1 is 1.31 bits per heavy atom. The van der Waals surface area contributed by atoms with E-state index in [2.05, 4.69) is 22.4 Å². The molecule has 1 saturated heterocycles. The summed E-state index contributed by atoms with van der Waals surface area (Å²) in [5.41, 5.74) is 2.81. The van der Waals surface area contributed by atoms with Gasteiger partial charge in [0, 0.05) is 12.4 Å². The van der Waals surface area contributed by atoms with Gasteiger partial charge < -0.3 is 5.32 Å². The average Bonchev–Trinajstić information content (AvgIpc) is 2.39. The zero-order valence-electron chi connectivity index (χ0n) is 9.52. The van der Waals surface area contributed by atoms with Gasteiger partial charge in [-0.15, -0.1) is 0 Å². The van der Waals surface area contributed by atoms with Crippen LogP contribution in [0.15, 0.2) is 30.6 Å². The number of nitrogens with zero attached hydrogens (tertiary/aromatic N) is 1. The monoisotopic (exact) mass is 214 g/mol. The quantitative estimate of drug-likeness (QED) is 0.777. The maximum atomic E-state index is 4.21. The number of rotatable bonds is 1. The number of piperidine rings is 1. The van der Waals surface area contributed by atoms with Crippen LogP contribution in [0.25, 0.3) is 5.57 Å². The molecule has 2 aliphatic rings. The third-order valence-electron chi connectivity index (χ3n) is 3.95. The van der Waals surface area contributed by atoms with E-state index in [1.165, 1.54) is 43.5 Å². The Hall–Kier alpha value is -1.15. The Balaban J connectivity index is 1.81. The largest absolute Gasteiger partial charge is 0.316 e. The highest BCUT2D eigenvalue weighted by Crippen LogP contribution is 2.37. The number of hydrogen-bond donors (Lipinski definition) is 1. The van der Waals surface area contributed by atoms with Crippen LogP contribution in [0.5, 0.6) is 0 Å². The van der Waals surface area contributed by atoms with E-state index in [0.29, 0.717) is 0 Å². The molecule has 2 heteroatoms. The molecule has 84 valence electrons. The fourth-order valence-electron chi connectivity index (χ4n) is 2.97. The van der Waals surface area contributed by atoms with E-state index >= 15 is 0 Å². The van der Waals surface area contributed by atoms with Gasteiger partial charge in [-0.1, -0.05) is 12.1 Å². The summed E-state index contributed by atoms with van der Waals surface area (Å²) in [6.45, 7) is 2.40. The maximum absolute atomic E-state index is 4.21. The highest BCUT2D eigenvalue weighted by atomic mass is 14.9. The summed E-state index contributed by atoms with van der Waals surface area (Å²) in [7, 11) is 0. The van der Waals surface area contributed by atoms with E-state index in [1.807, 2.05) is 18.5 Å². The number of pyridine rings is 1. The van der Waals surface area contributed by atoms with Crippen LogP contribution in [-0.2, 0) is 0 Å². The van der Waals surface area contributed by atoms with Crippen molar-refractivity contribution in [1.82, 2.24) is 10.3 Å². The van der Waals surface area contributed by atoms with Gasteiger partial charge in [0.05, 0.1) is 0 Å². The van der Waals surface area contributed by atoms with Crippen molar-refractivity contribution in [3.8, 4) is 0 Å². The van der Waals surface area contributed by atoms with Crippen LogP contribution >= 0.6 is 0 Å². The number of fused-ring (bicyclic) bond motifs is 1. The third kappa shape index (κ3) is 1.90. The minimum atomic E-state index is 0.842. The van der Waals surface area contributed by atoms with Gasteiger partial charge in [-0.25, -0.2) is 0 Å². The summed E-state index contributed by atoms with van der Waals surface area (Å²) in [5, 5.41) is 3.51. The van der Waals surface area contributed by atoms with E-state index < -0.39 is 0 Å². The van der Waals surface area contributed by atoms with Crippen LogP contribution in [0.3, 0.4) is 0 Å². The van der Waals surface area contributed by atoms with Gasteiger partial charge in [0.1, 0.15) is 0 Å². The van der Waals surface area contributed by atoms with Gasteiger partial charge in [0.15, 0.2) is 0 Å². The summed E-state index contributed by atoms with van der Waals surface area (Å²) >= 11 is 0. The van der Waals surface area contributed by atoms with E-state index in [1.54, 1.807) is 0 Å². The summed E-state index contributed by atoms with van der Waals surface area (Å²) in [6.07, 6.45) is 10.1. The lowest BCUT2D eigenvalue weighted by Gasteiger charge is -2.35. The molecular weight excluding hydrogens is 196 g/mol. The lowest BCUT2D eigenvalue weighted by molar-refractivity contribution is 0.252. The zero-order valence-corrected chi connectivity index (χ0v) is 9.52. The molecule has 1 aliphatic carbocycles. The Bertz CT molecular complexity index is 383. The van der Waals surface area contributed by atoms with E-state index in [4.69, 9.17) is 0 Å². The topological polar surface area (TPSA) is 24.9 Å². The van der Waals surface area contributed by atoms with Gasteiger partial charge in [0.25, 0.3) is 0 Å². The van der Waals surface area contributed by atoms with Gasteiger partial charge in [0.2, 0.25) is 0 Å². The van der Waals surface area contributed by atoms with Crippen LogP contribution in [0.1, 0.15) is 24.8 Å². The van der Waals surface area contributed by atoms with E-state index in [9.17, 15) is 0 Å².